The first-order chi connectivity index (χ1) is 23.7. The molecule has 1 fully saturated rings. The van der Waals surface area contributed by atoms with E-state index in [1.807, 2.05) is 84.9 Å². The van der Waals surface area contributed by atoms with Crippen LogP contribution in [0, 0.1) is 5.41 Å². The first-order valence-corrected chi connectivity index (χ1v) is 18.7. The number of rotatable bonds is 16. The fourth-order valence-electron chi connectivity index (χ4n) is 8.64. The number of carbonyl (C=O) groups is 2. The van der Waals surface area contributed by atoms with Gasteiger partial charge in [-0.1, -0.05) is 151 Å². The first-order valence-electron chi connectivity index (χ1n) is 18.7. The van der Waals surface area contributed by atoms with Crippen LogP contribution in [-0.2, 0) is 9.59 Å². The minimum Gasteiger partial charge on any atom is -0.387 e. The summed E-state index contributed by atoms with van der Waals surface area (Å²) in [6.07, 6.45) is 7.37. The van der Waals surface area contributed by atoms with Crippen molar-refractivity contribution in [2.75, 3.05) is 0 Å². The Hall–Kier alpha value is -3.74. The van der Waals surface area contributed by atoms with Gasteiger partial charge in [0, 0.05) is 0 Å². The Bertz CT molecular complexity index is 1580. The lowest BCUT2D eigenvalue weighted by Gasteiger charge is -2.41. The maximum atomic E-state index is 14.9. The van der Waals surface area contributed by atoms with Crippen molar-refractivity contribution in [1.29, 1.82) is 0 Å². The van der Waals surface area contributed by atoms with Crippen molar-refractivity contribution in [1.82, 2.24) is 10.6 Å². The molecule has 4 aromatic carbocycles. The van der Waals surface area contributed by atoms with Crippen LogP contribution < -0.4 is 10.6 Å². The van der Waals surface area contributed by atoms with Crippen LogP contribution in [0.15, 0.2) is 84.9 Å². The molecule has 6 heteroatoms. The normalized spacial score (nSPS) is 16.0. The number of fused-ring (bicyclic) bond motifs is 2. The molecule has 0 unspecified atom stereocenters. The fraction of sp³-hybridized carbons (Fsp3) is 0.488. The van der Waals surface area contributed by atoms with E-state index in [1.54, 1.807) is 0 Å². The van der Waals surface area contributed by atoms with Crippen molar-refractivity contribution in [3.63, 3.8) is 0 Å². The summed E-state index contributed by atoms with van der Waals surface area (Å²) in [6.45, 7) is 8.21. The number of nitrogens with one attached hydrogen (secondary N) is 2. The average molecular weight is 665 g/mol. The Labute approximate surface area is 292 Å². The second-order valence-electron chi connectivity index (χ2n) is 14.4. The smallest absolute Gasteiger partial charge is 0.236 e. The third kappa shape index (κ3) is 7.41. The van der Waals surface area contributed by atoms with Crippen molar-refractivity contribution in [2.45, 2.75) is 128 Å². The monoisotopic (exact) mass is 664 g/mol. The van der Waals surface area contributed by atoms with Crippen molar-refractivity contribution >= 4 is 33.4 Å². The van der Waals surface area contributed by atoms with Crippen LogP contribution >= 0.6 is 0 Å². The summed E-state index contributed by atoms with van der Waals surface area (Å²) in [7, 11) is 0. The largest absolute Gasteiger partial charge is 0.387 e. The number of carbonyl (C=O) groups excluding carboxylic acids is 2. The van der Waals surface area contributed by atoms with Crippen LogP contribution in [0.3, 0.4) is 0 Å². The number of hydrogen-bond donors (Lipinski definition) is 4. The van der Waals surface area contributed by atoms with E-state index < -0.39 is 28.7 Å². The lowest BCUT2D eigenvalue weighted by molar-refractivity contribution is -0.147. The molecule has 0 bridgehead atoms. The van der Waals surface area contributed by atoms with Crippen molar-refractivity contribution in [3.8, 4) is 0 Å². The molecule has 0 spiro atoms. The van der Waals surface area contributed by atoms with Gasteiger partial charge in [-0.05, 0) is 71.2 Å². The van der Waals surface area contributed by atoms with E-state index in [4.69, 9.17) is 0 Å². The van der Waals surface area contributed by atoms with Crippen molar-refractivity contribution in [2.24, 2.45) is 5.41 Å². The molecule has 262 valence electrons. The average Bonchev–Trinajstić information content (AvgIpc) is 3.61. The van der Waals surface area contributed by atoms with Crippen LogP contribution in [0.25, 0.3) is 21.5 Å². The Kier molecular flexibility index (Phi) is 11.8. The van der Waals surface area contributed by atoms with Gasteiger partial charge in [0.15, 0.2) is 0 Å². The maximum Gasteiger partial charge on any atom is 0.236 e. The van der Waals surface area contributed by atoms with Gasteiger partial charge in [-0.25, -0.2) is 0 Å². The molecule has 0 radical (unpaired) electrons. The fourth-order valence-corrected chi connectivity index (χ4v) is 8.64. The molecule has 2 atom stereocenters. The third-order valence-electron chi connectivity index (χ3n) is 11.0. The van der Waals surface area contributed by atoms with Crippen LogP contribution in [-0.4, -0.2) is 33.2 Å². The predicted molar refractivity (Wildman–Crippen MR) is 200 cm³/mol. The summed E-state index contributed by atoms with van der Waals surface area (Å²) in [4.78, 5) is 29.7. The molecule has 0 heterocycles. The van der Waals surface area contributed by atoms with E-state index in [0.717, 1.165) is 71.2 Å². The molecule has 5 rings (SSSR count). The zero-order chi connectivity index (χ0) is 35.1. The molecule has 4 aromatic rings. The van der Waals surface area contributed by atoms with Gasteiger partial charge < -0.3 is 20.8 Å². The van der Waals surface area contributed by atoms with E-state index in [2.05, 4.69) is 38.3 Å². The summed E-state index contributed by atoms with van der Waals surface area (Å²) in [6, 6.07) is 26.7. The summed E-state index contributed by atoms with van der Waals surface area (Å²) in [5.41, 5.74) is -2.01. The van der Waals surface area contributed by atoms with Gasteiger partial charge in [-0.3, -0.25) is 9.59 Å². The van der Waals surface area contributed by atoms with Gasteiger partial charge in [-0.15, -0.1) is 0 Å². The van der Waals surface area contributed by atoms with E-state index in [9.17, 15) is 19.8 Å². The number of amides is 2. The molecule has 2 amide bonds. The highest BCUT2D eigenvalue weighted by Gasteiger charge is 2.52. The minimum absolute atomic E-state index is 0.350. The number of aliphatic hydroxyl groups is 2. The van der Waals surface area contributed by atoms with Gasteiger partial charge in [0.25, 0.3) is 0 Å². The molecule has 6 nitrogen and oxygen atoms in total. The summed E-state index contributed by atoms with van der Waals surface area (Å²) >= 11 is 0. The van der Waals surface area contributed by atoms with Gasteiger partial charge in [-0.2, -0.15) is 0 Å². The zero-order valence-electron chi connectivity index (χ0n) is 29.9. The highest BCUT2D eigenvalue weighted by Crippen LogP contribution is 2.44. The summed E-state index contributed by atoms with van der Waals surface area (Å²) in [5.74, 6) is -0.700. The molecule has 4 N–H and O–H groups in total. The quantitative estimate of drug-likeness (QED) is 0.0898. The second-order valence-corrected chi connectivity index (χ2v) is 14.4. The molecular formula is C43H56N2O4. The summed E-state index contributed by atoms with van der Waals surface area (Å²) < 4.78 is 0. The van der Waals surface area contributed by atoms with Gasteiger partial charge in [0.2, 0.25) is 11.8 Å². The highest BCUT2D eigenvalue weighted by atomic mass is 16.3. The SMILES string of the molecule is CCCC(O)(CCC)[C@@H](NC(=O)C1(C(=O)N[C@@H](c2cccc3ccccc23)C(O)(CCC)CCC)CCCC1)c1cccc2ccccc12. The topological polar surface area (TPSA) is 98.7 Å². The van der Waals surface area contributed by atoms with Crippen molar-refractivity contribution in [3.05, 3.63) is 96.1 Å². The Morgan fingerprint density at radius 3 is 1.31 bits per heavy atom. The van der Waals surface area contributed by atoms with E-state index >= 15 is 0 Å². The first kappa shape index (κ1) is 36.5. The molecular weight excluding hydrogens is 608 g/mol. The van der Waals surface area contributed by atoms with Crippen LogP contribution in [0.2, 0.25) is 0 Å². The standard InChI is InChI=1S/C43H56N2O4/c1-5-25-42(48,26-6-2)37(35-23-15-19-31-17-9-11-21-33(31)35)44-39(46)41(29-13-14-30-41)40(47)45-38(43(49,27-7-3)28-8-4)36-24-16-20-32-18-10-12-22-34(32)36/h9-12,15-24,37-38,48-49H,5-8,13-14,25-30H2,1-4H3,(H,44,46)(H,45,47)/t37-,38-/m0/s1. The third-order valence-corrected chi connectivity index (χ3v) is 11.0. The Morgan fingerprint density at radius 1 is 0.592 bits per heavy atom. The molecule has 1 aliphatic carbocycles. The van der Waals surface area contributed by atoms with Crippen LogP contribution in [0.5, 0.6) is 0 Å². The predicted octanol–water partition coefficient (Wildman–Crippen LogP) is 9.23. The Balaban J connectivity index is 1.58. The molecule has 49 heavy (non-hydrogen) atoms. The van der Waals surface area contributed by atoms with Crippen molar-refractivity contribution < 1.29 is 19.8 Å². The van der Waals surface area contributed by atoms with Gasteiger partial charge >= 0.3 is 0 Å². The van der Waals surface area contributed by atoms with Gasteiger partial charge in [0.05, 0.1) is 23.3 Å². The molecule has 0 saturated heterocycles. The molecule has 0 aliphatic heterocycles. The van der Waals surface area contributed by atoms with E-state index in [1.165, 1.54) is 0 Å². The molecule has 1 saturated carbocycles. The minimum atomic E-state index is -1.33. The second kappa shape index (κ2) is 15.9. The maximum absolute atomic E-state index is 14.9. The Morgan fingerprint density at radius 2 is 0.939 bits per heavy atom. The summed E-state index contributed by atoms with van der Waals surface area (Å²) in [5, 5.41) is 35.4. The number of hydrogen-bond acceptors (Lipinski definition) is 4. The molecule has 0 aromatic heterocycles. The lowest BCUT2D eigenvalue weighted by atomic mass is 9.77. The highest BCUT2D eigenvalue weighted by molar-refractivity contribution is 6.06. The van der Waals surface area contributed by atoms with E-state index in [-0.39, 0.29) is 11.8 Å². The zero-order valence-corrected chi connectivity index (χ0v) is 29.9. The number of benzene rings is 4. The van der Waals surface area contributed by atoms with Crippen LogP contribution in [0.4, 0.5) is 0 Å². The van der Waals surface area contributed by atoms with Gasteiger partial charge in [0.1, 0.15) is 5.41 Å². The molecule has 1 aliphatic rings. The van der Waals surface area contributed by atoms with E-state index in [0.29, 0.717) is 38.5 Å². The lowest BCUT2D eigenvalue weighted by Crippen LogP contribution is -2.57. The van der Waals surface area contributed by atoms with Crippen LogP contribution in [0.1, 0.15) is 128 Å².